The van der Waals surface area contributed by atoms with Gasteiger partial charge in [0.05, 0.1) is 46.8 Å². The molecule has 0 amide bonds. The van der Waals surface area contributed by atoms with Crippen LogP contribution in [0, 0.1) is 31.9 Å². The number of fused-ring (bicyclic) bond motifs is 2. The minimum Gasteiger partial charge on any atom is -0.494 e. The molecular formula is C41H37ClF2N10O6. The molecule has 4 aromatic carbocycles. The van der Waals surface area contributed by atoms with Crippen molar-refractivity contribution in [1.29, 1.82) is 0 Å². The van der Waals surface area contributed by atoms with Crippen molar-refractivity contribution in [2.45, 2.75) is 7.43 Å². The molecule has 0 saturated heterocycles. The van der Waals surface area contributed by atoms with Crippen molar-refractivity contribution in [3.05, 3.63) is 147 Å². The highest BCUT2D eigenvalue weighted by Gasteiger charge is 2.20. The van der Waals surface area contributed by atoms with E-state index in [0.29, 0.717) is 5.69 Å². The van der Waals surface area contributed by atoms with Gasteiger partial charge >= 0.3 is 11.4 Å². The maximum atomic E-state index is 13.9. The van der Waals surface area contributed by atoms with Crippen molar-refractivity contribution in [1.82, 2.24) is 29.1 Å². The number of nitro groups is 2. The molecule has 0 fully saturated rings. The highest BCUT2D eigenvalue weighted by molar-refractivity contribution is 6.28. The van der Waals surface area contributed by atoms with Gasteiger partial charge in [-0.3, -0.25) is 20.2 Å². The minimum atomic E-state index is -0.983. The van der Waals surface area contributed by atoms with Crippen LogP contribution in [0.3, 0.4) is 0 Å². The third-order valence-corrected chi connectivity index (χ3v) is 9.02. The lowest BCUT2D eigenvalue weighted by molar-refractivity contribution is -0.387. The molecule has 0 saturated carbocycles. The summed E-state index contributed by atoms with van der Waals surface area (Å²) in [5.74, 6) is -1.55. The Kier molecular flexibility index (Phi) is 13.5. The van der Waals surface area contributed by atoms with Gasteiger partial charge in [0, 0.05) is 96.1 Å². The molecule has 8 aromatic rings. The maximum absolute atomic E-state index is 13.9. The van der Waals surface area contributed by atoms with Gasteiger partial charge < -0.3 is 29.7 Å². The van der Waals surface area contributed by atoms with Gasteiger partial charge in [-0.2, -0.15) is 8.78 Å². The summed E-state index contributed by atoms with van der Waals surface area (Å²) in [4.78, 5) is 36.5. The van der Waals surface area contributed by atoms with Gasteiger partial charge in [-0.15, -0.1) is 0 Å². The quantitative estimate of drug-likeness (QED) is 0.0635. The van der Waals surface area contributed by atoms with Crippen LogP contribution >= 0.6 is 11.6 Å². The SMILES string of the molecule is C.COc1cc(F)c([N+](=O)[O-])cc1N.COc1cc(F)c([N+](=O)[O-])cc1Nc1nccc(-c2cn(C)c3ccccc23)n1.Cn1cc(-c2ccnc(Cl)n2)c2ccccc21. The number of nitrogens with one attached hydrogen (secondary N) is 1. The molecule has 0 bridgehead atoms. The van der Waals surface area contributed by atoms with Crippen LogP contribution in [0.15, 0.2) is 110 Å². The molecule has 0 aliphatic carbocycles. The molecule has 0 aliphatic heterocycles. The van der Waals surface area contributed by atoms with Crippen LogP contribution in [-0.4, -0.2) is 53.1 Å². The van der Waals surface area contributed by atoms with Gasteiger partial charge in [-0.1, -0.05) is 43.8 Å². The monoisotopic (exact) mass is 838 g/mol. The topological polar surface area (TPSA) is 204 Å². The summed E-state index contributed by atoms with van der Waals surface area (Å²) >= 11 is 5.82. The maximum Gasteiger partial charge on any atom is 0.307 e. The van der Waals surface area contributed by atoms with Gasteiger partial charge in [0.2, 0.25) is 22.9 Å². The number of ether oxygens (including phenoxy) is 2. The standard InChI is InChI=1S/C20H16FN5O3.C13H10ClN3.C7H7FN2O3.CH4/c1-25-11-13(12-5-3-4-6-17(12)25)15-7-8-22-20(23-15)24-16-10-18(26(27)28)14(21)9-19(16)29-2;1-17-8-10(9-4-2-3-5-12(9)17)11-6-7-15-13(14)16-11;1-13-7-2-4(8)6(10(11)12)3-5(7)9;/h3-11H,1-2H3,(H,22,23,24);2-8H,1H3;2-3H,9H2,1H3;1H4. The molecule has 19 heteroatoms. The third-order valence-electron chi connectivity index (χ3n) is 8.84. The number of nitrogen functional groups attached to an aromatic ring is 1. The van der Waals surface area contributed by atoms with E-state index in [2.05, 4.69) is 52.9 Å². The molecule has 0 aliphatic rings. The Hall–Kier alpha value is -7.73. The molecule has 308 valence electrons. The molecule has 4 heterocycles. The fourth-order valence-corrected chi connectivity index (χ4v) is 6.24. The summed E-state index contributed by atoms with van der Waals surface area (Å²) in [5.41, 5.74) is 10.0. The summed E-state index contributed by atoms with van der Waals surface area (Å²) in [6, 6.07) is 23.6. The second-order valence-corrected chi connectivity index (χ2v) is 12.8. The van der Waals surface area contributed by atoms with E-state index in [1.165, 1.54) is 25.1 Å². The lowest BCUT2D eigenvalue weighted by Crippen LogP contribution is -2.02. The zero-order valence-electron chi connectivity index (χ0n) is 31.6. The number of benzene rings is 4. The lowest BCUT2D eigenvalue weighted by atomic mass is 10.1. The molecule has 0 spiro atoms. The number of nitrogens with two attached hydrogens (primary N) is 1. The molecule has 8 rings (SSSR count). The zero-order chi connectivity index (χ0) is 42.4. The lowest BCUT2D eigenvalue weighted by Gasteiger charge is -2.11. The number of halogens is 3. The van der Waals surface area contributed by atoms with Crippen molar-refractivity contribution in [3.8, 4) is 34.0 Å². The van der Waals surface area contributed by atoms with E-state index in [9.17, 15) is 29.0 Å². The van der Waals surface area contributed by atoms with Crippen LogP contribution in [0.2, 0.25) is 5.28 Å². The van der Waals surface area contributed by atoms with Crippen LogP contribution in [0.25, 0.3) is 44.3 Å². The van der Waals surface area contributed by atoms with Gasteiger partial charge in [0.1, 0.15) is 11.5 Å². The van der Waals surface area contributed by atoms with Crippen molar-refractivity contribution in [2.75, 3.05) is 25.3 Å². The Morgan fingerprint density at radius 2 is 1.20 bits per heavy atom. The number of hydrogen-bond donors (Lipinski definition) is 2. The van der Waals surface area contributed by atoms with E-state index in [0.717, 1.165) is 52.0 Å². The number of nitrogens with zero attached hydrogens (tertiary/aromatic N) is 8. The Balaban J connectivity index is 0.000000187. The second kappa shape index (κ2) is 18.7. The zero-order valence-corrected chi connectivity index (χ0v) is 32.4. The number of nitro benzene ring substituents is 2. The first kappa shape index (κ1) is 43.4. The van der Waals surface area contributed by atoms with Crippen LogP contribution in [0.1, 0.15) is 7.43 Å². The molecular weight excluding hydrogens is 802 g/mol. The van der Waals surface area contributed by atoms with Crippen molar-refractivity contribution in [3.63, 3.8) is 0 Å². The number of hydrogen-bond acceptors (Lipinski definition) is 12. The van der Waals surface area contributed by atoms with E-state index >= 15 is 0 Å². The normalized spacial score (nSPS) is 10.4. The number of methoxy groups -OCH3 is 2. The Morgan fingerprint density at radius 3 is 1.72 bits per heavy atom. The summed E-state index contributed by atoms with van der Waals surface area (Å²) in [6.07, 6.45) is 7.28. The molecule has 4 aromatic heterocycles. The van der Waals surface area contributed by atoms with E-state index < -0.39 is 32.9 Å². The summed E-state index contributed by atoms with van der Waals surface area (Å²) in [6.45, 7) is 0. The Bertz CT molecular complexity index is 2850. The van der Waals surface area contributed by atoms with Crippen LogP contribution in [-0.2, 0) is 14.1 Å². The molecule has 16 nitrogen and oxygen atoms in total. The molecule has 60 heavy (non-hydrogen) atoms. The van der Waals surface area contributed by atoms with E-state index in [4.69, 9.17) is 22.1 Å². The Morgan fingerprint density at radius 1 is 0.717 bits per heavy atom. The number of anilines is 3. The first-order valence-corrected chi connectivity index (χ1v) is 17.6. The summed E-state index contributed by atoms with van der Waals surface area (Å²) in [7, 11) is 6.62. The molecule has 0 unspecified atom stereocenters. The fraction of sp³-hybridized carbons (Fsp3) is 0.122. The van der Waals surface area contributed by atoms with E-state index in [1.54, 1.807) is 18.5 Å². The predicted octanol–water partition coefficient (Wildman–Crippen LogP) is 9.68. The third kappa shape index (κ3) is 9.35. The van der Waals surface area contributed by atoms with E-state index in [-0.39, 0.29) is 41.5 Å². The number of rotatable bonds is 8. The first-order valence-electron chi connectivity index (χ1n) is 17.3. The minimum absolute atomic E-state index is 0. The number of para-hydroxylation sites is 2. The summed E-state index contributed by atoms with van der Waals surface area (Å²) in [5, 5.41) is 26.7. The fourth-order valence-electron chi connectivity index (χ4n) is 6.09. The average molecular weight is 839 g/mol. The predicted molar refractivity (Wildman–Crippen MR) is 227 cm³/mol. The Labute approximate surface area is 346 Å². The highest BCUT2D eigenvalue weighted by Crippen LogP contribution is 2.35. The van der Waals surface area contributed by atoms with Gasteiger partial charge in [0.15, 0.2) is 0 Å². The molecule has 0 atom stereocenters. The number of aromatic nitrogens is 6. The number of aryl methyl sites for hydroxylation is 2. The van der Waals surface area contributed by atoms with Gasteiger partial charge in [-0.25, -0.2) is 19.9 Å². The van der Waals surface area contributed by atoms with Crippen molar-refractivity contribution in [2.24, 2.45) is 14.1 Å². The van der Waals surface area contributed by atoms with E-state index in [1.807, 2.05) is 67.3 Å². The van der Waals surface area contributed by atoms with Crippen LogP contribution < -0.4 is 20.5 Å². The largest absolute Gasteiger partial charge is 0.494 e. The smallest absolute Gasteiger partial charge is 0.307 e. The van der Waals surface area contributed by atoms with Gasteiger partial charge in [-0.05, 0) is 35.9 Å². The van der Waals surface area contributed by atoms with Crippen LogP contribution in [0.4, 0.5) is 37.5 Å². The van der Waals surface area contributed by atoms with Crippen molar-refractivity contribution >= 4 is 62.1 Å². The molecule has 0 radical (unpaired) electrons. The van der Waals surface area contributed by atoms with Gasteiger partial charge in [0.25, 0.3) is 0 Å². The highest BCUT2D eigenvalue weighted by atomic mass is 35.5. The first-order chi connectivity index (χ1) is 28.3. The summed E-state index contributed by atoms with van der Waals surface area (Å²) < 4.78 is 40.6. The molecule has 3 N–H and O–H groups in total. The average Bonchev–Trinajstić information content (AvgIpc) is 3.75. The van der Waals surface area contributed by atoms with Crippen LogP contribution in [0.5, 0.6) is 11.5 Å². The second-order valence-electron chi connectivity index (χ2n) is 12.5. The van der Waals surface area contributed by atoms with Crippen molar-refractivity contribution < 1.29 is 28.1 Å².